The molecular weight excluding hydrogens is 452 g/mol. The van der Waals surface area contributed by atoms with Gasteiger partial charge >= 0.3 is 11.7 Å². The summed E-state index contributed by atoms with van der Waals surface area (Å²) in [5.74, 6) is -1.34. The van der Waals surface area contributed by atoms with Crippen LogP contribution in [-0.2, 0) is 26.0 Å². The van der Waals surface area contributed by atoms with Crippen molar-refractivity contribution < 1.29 is 23.7 Å². The lowest BCUT2D eigenvalue weighted by atomic mass is 9.98. The van der Waals surface area contributed by atoms with Crippen LogP contribution in [0.25, 0.3) is 0 Å². The number of halogens is 1. The van der Waals surface area contributed by atoms with Gasteiger partial charge in [0.25, 0.3) is 5.56 Å². The molecule has 0 N–H and O–H groups in total. The van der Waals surface area contributed by atoms with Crippen LogP contribution in [0, 0.1) is 0 Å². The first-order chi connectivity index (χ1) is 15.9. The molecule has 1 aromatic heterocycles. The van der Waals surface area contributed by atoms with Gasteiger partial charge in [-0.2, -0.15) is 0 Å². The zero-order valence-electron chi connectivity index (χ0n) is 18.1. The van der Waals surface area contributed by atoms with Crippen molar-refractivity contribution in [1.82, 2.24) is 9.13 Å². The molecule has 1 aromatic carbocycles. The van der Waals surface area contributed by atoms with Crippen molar-refractivity contribution >= 4 is 17.6 Å². The Hall–Kier alpha value is -2.46. The number of benzene rings is 1. The highest BCUT2D eigenvalue weighted by Gasteiger charge is 2.66. The van der Waals surface area contributed by atoms with E-state index in [4.69, 9.17) is 30.5 Å². The van der Waals surface area contributed by atoms with Gasteiger partial charge in [0.05, 0.1) is 11.4 Å². The van der Waals surface area contributed by atoms with Gasteiger partial charge in [0.2, 0.25) is 0 Å². The average Bonchev–Trinajstić information content (AvgIpc) is 3.53. The maximum Gasteiger partial charge on any atom is 0.338 e. The molecule has 10 heteroatoms. The van der Waals surface area contributed by atoms with Crippen LogP contribution in [0.3, 0.4) is 0 Å². The highest BCUT2D eigenvalue weighted by Crippen LogP contribution is 2.52. The molecule has 9 nitrogen and oxygen atoms in total. The summed E-state index contributed by atoms with van der Waals surface area (Å²) in [5, 5.41) is 0. The third-order valence-electron chi connectivity index (χ3n) is 6.68. The predicted molar refractivity (Wildman–Crippen MR) is 117 cm³/mol. The summed E-state index contributed by atoms with van der Waals surface area (Å²) in [6.07, 6.45) is 2.52. The number of carbonyl (C=O) groups excluding carboxylic acids is 1. The number of alkyl halides is 1. The number of rotatable bonds is 5. The number of aromatic nitrogens is 2. The third kappa shape index (κ3) is 3.73. The van der Waals surface area contributed by atoms with Gasteiger partial charge in [0.15, 0.2) is 12.0 Å². The Morgan fingerprint density at radius 1 is 1.12 bits per heavy atom. The second-order valence-electron chi connectivity index (χ2n) is 8.79. The molecule has 4 atom stereocenters. The first-order valence-corrected chi connectivity index (χ1v) is 11.5. The largest absolute Gasteiger partial charge is 0.459 e. The first kappa shape index (κ1) is 22.3. The molecule has 176 valence electrons. The molecule has 1 aliphatic carbocycles. The van der Waals surface area contributed by atoms with Crippen LogP contribution in [0.4, 0.5) is 0 Å². The van der Waals surface area contributed by atoms with Crippen LogP contribution >= 0.6 is 11.6 Å². The number of fused-ring (bicyclic) bond motifs is 1. The van der Waals surface area contributed by atoms with Gasteiger partial charge in [-0.25, -0.2) is 9.59 Å². The van der Waals surface area contributed by atoms with E-state index in [9.17, 15) is 14.4 Å². The Bertz CT molecular complexity index is 1160. The highest BCUT2D eigenvalue weighted by atomic mass is 35.5. The van der Waals surface area contributed by atoms with Crippen LogP contribution in [0.15, 0.2) is 52.2 Å². The number of carbonyl (C=O) groups is 1. The number of esters is 1. The summed E-state index contributed by atoms with van der Waals surface area (Å²) >= 11 is 6.41. The first-order valence-electron chi connectivity index (χ1n) is 11.0. The van der Waals surface area contributed by atoms with Crippen LogP contribution in [0.2, 0.25) is 0 Å². The second kappa shape index (κ2) is 8.39. The molecule has 2 aromatic rings. The van der Waals surface area contributed by atoms with Crippen LogP contribution in [0.1, 0.15) is 42.3 Å². The molecule has 0 bridgehead atoms. The molecule has 1 saturated carbocycles. The Labute approximate surface area is 194 Å². The zero-order valence-corrected chi connectivity index (χ0v) is 18.9. The van der Waals surface area contributed by atoms with Gasteiger partial charge in [-0.15, -0.1) is 11.6 Å². The zero-order chi connectivity index (χ0) is 23.2. The van der Waals surface area contributed by atoms with Crippen molar-refractivity contribution in [2.45, 2.75) is 55.5 Å². The molecule has 3 aliphatic rings. The standard InChI is InChI=1S/C23H25ClN2O7/c1-25-16(27)9-12-26(21(25)29)19-17-18(32-23(31-17)10-5-6-11-23)22(13-24,33-19)14-30-20(28)15-7-3-2-4-8-15/h2-4,7-9,12,17-19H,5-6,10-11,13-14H2,1H3/t17-,18+,19-,22-/m1/s1. The molecule has 2 saturated heterocycles. The van der Waals surface area contributed by atoms with Gasteiger partial charge in [-0.05, 0) is 25.0 Å². The molecule has 3 fully saturated rings. The van der Waals surface area contributed by atoms with E-state index in [1.165, 1.54) is 23.9 Å². The van der Waals surface area contributed by atoms with Crippen molar-refractivity contribution in [2.24, 2.45) is 7.05 Å². The molecule has 0 amide bonds. The summed E-state index contributed by atoms with van der Waals surface area (Å²) in [7, 11) is 1.40. The van der Waals surface area contributed by atoms with E-state index in [0.29, 0.717) is 5.56 Å². The predicted octanol–water partition coefficient (Wildman–Crippen LogP) is 1.96. The average molecular weight is 477 g/mol. The van der Waals surface area contributed by atoms with Crippen LogP contribution in [-0.4, -0.2) is 51.2 Å². The summed E-state index contributed by atoms with van der Waals surface area (Å²) < 4.78 is 27.0. The fourth-order valence-electron chi connectivity index (χ4n) is 4.88. The summed E-state index contributed by atoms with van der Waals surface area (Å²) in [6.45, 7) is -0.179. The molecule has 2 aliphatic heterocycles. The van der Waals surface area contributed by atoms with E-state index in [1.54, 1.807) is 24.3 Å². The minimum atomic E-state index is -1.23. The van der Waals surface area contributed by atoms with Gasteiger partial charge in [-0.1, -0.05) is 18.2 Å². The lowest BCUT2D eigenvalue weighted by molar-refractivity contribution is -0.235. The maximum absolute atomic E-state index is 12.9. The number of ether oxygens (including phenoxy) is 4. The van der Waals surface area contributed by atoms with Crippen LogP contribution < -0.4 is 11.2 Å². The van der Waals surface area contributed by atoms with Crippen molar-refractivity contribution in [2.75, 3.05) is 12.5 Å². The quantitative estimate of drug-likeness (QED) is 0.480. The Kier molecular flexibility index (Phi) is 5.68. The molecule has 3 heterocycles. The van der Waals surface area contributed by atoms with Gasteiger partial charge in [0, 0.05) is 32.2 Å². The van der Waals surface area contributed by atoms with Crippen LogP contribution in [0.5, 0.6) is 0 Å². The summed E-state index contributed by atoms with van der Waals surface area (Å²) in [4.78, 5) is 37.4. The van der Waals surface area contributed by atoms with Crippen molar-refractivity contribution in [1.29, 1.82) is 0 Å². The maximum atomic E-state index is 12.9. The lowest BCUT2D eigenvalue weighted by Crippen LogP contribution is -2.49. The smallest absolute Gasteiger partial charge is 0.338 e. The Balaban J connectivity index is 1.48. The van der Waals surface area contributed by atoms with Crippen molar-refractivity contribution in [3.05, 3.63) is 69.0 Å². The van der Waals surface area contributed by atoms with E-state index >= 15 is 0 Å². The highest BCUT2D eigenvalue weighted by molar-refractivity contribution is 6.18. The monoisotopic (exact) mass is 476 g/mol. The molecule has 0 unspecified atom stereocenters. The number of nitrogens with zero attached hydrogens (tertiary/aromatic N) is 2. The molecule has 5 rings (SSSR count). The fourth-order valence-corrected chi connectivity index (χ4v) is 5.17. The van der Waals surface area contributed by atoms with Gasteiger partial charge in [0.1, 0.15) is 24.4 Å². The second-order valence-corrected chi connectivity index (χ2v) is 9.06. The lowest BCUT2D eigenvalue weighted by Gasteiger charge is -2.33. The molecule has 0 radical (unpaired) electrons. The minimum Gasteiger partial charge on any atom is -0.459 e. The van der Waals surface area contributed by atoms with E-state index in [2.05, 4.69) is 0 Å². The van der Waals surface area contributed by atoms with E-state index in [-0.39, 0.29) is 12.5 Å². The molecule has 1 spiro atoms. The molecular formula is C23H25ClN2O7. The SMILES string of the molecule is Cn1c(=O)ccn([C@@H]2O[C@](CCl)(COC(=O)c3ccccc3)[C@H]3OC4(CCCC4)O[C@@H]23)c1=O. The summed E-state index contributed by atoms with van der Waals surface area (Å²) in [6, 6.07) is 9.90. The van der Waals surface area contributed by atoms with Crippen molar-refractivity contribution in [3.8, 4) is 0 Å². The minimum absolute atomic E-state index is 0.0489. The van der Waals surface area contributed by atoms with E-state index in [0.717, 1.165) is 30.3 Å². The Morgan fingerprint density at radius 2 is 1.85 bits per heavy atom. The molecule has 33 heavy (non-hydrogen) atoms. The van der Waals surface area contributed by atoms with E-state index in [1.807, 2.05) is 6.07 Å². The normalized spacial score (nSPS) is 29.9. The number of hydrogen-bond acceptors (Lipinski definition) is 7. The van der Waals surface area contributed by atoms with Gasteiger partial charge in [-0.3, -0.25) is 13.9 Å². The van der Waals surface area contributed by atoms with Crippen molar-refractivity contribution in [3.63, 3.8) is 0 Å². The summed E-state index contributed by atoms with van der Waals surface area (Å²) in [5.41, 5.74) is -1.81. The fraction of sp³-hybridized carbons (Fsp3) is 0.522. The van der Waals surface area contributed by atoms with Gasteiger partial charge < -0.3 is 18.9 Å². The van der Waals surface area contributed by atoms with E-state index < -0.39 is 47.0 Å². The Morgan fingerprint density at radius 3 is 2.55 bits per heavy atom. The number of hydrogen-bond donors (Lipinski definition) is 0. The third-order valence-corrected chi connectivity index (χ3v) is 7.14. The topological polar surface area (TPSA) is 98.0 Å².